The van der Waals surface area contributed by atoms with Crippen molar-refractivity contribution in [3.63, 3.8) is 0 Å². The van der Waals surface area contributed by atoms with Crippen LogP contribution in [0.5, 0.6) is 0 Å². The van der Waals surface area contributed by atoms with Crippen LogP contribution in [0.4, 0.5) is 0 Å². The van der Waals surface area contributed by atoms with Gasteiger partial charge < -0.3 is 5.32 Å². The highest BCUT2D eigenvalue weighted by Gasteiger charge is 2.54. The molecule has 4 heteroatoms. The fourth-order valence-electron chi connectivity index (χ4n) is 5.08. The third kappa shape index (κ3) is 6.10. The molecule has 0 spiro atoms. The van der Waals surface area contributed by atoms with E-state index in [0.717, 1.165) is 32.1 Å². The van der Waals surface area contributed by atoms with E-state index in [0.29, 0.717) is 12.3 Å². The van der Waals surface area contributed by atoms with Crippen molar-refractivity contribution in [2.24, 2.45) is 5.92 Å². The topological polar surface area (TPSA) is 41.6 Å². The predicted molar refractivity (Wildman–Crippen MR) is 130 cm³/mol. The number of hydrogen-bond donors (Lipinski definition) is 1. The normalized spacial score (nSPS) is 30.2. The third-order valence-corrected chi connectivity index (χ3v) is 7.81. The summed E-state index contributed by atoms with van der Waals surface area (Å²) < 4.78 is 0. The number of piperidine rings is 1. The summed E-state index contributed by atoms with van der Waals surface area (Å²) in [5.41, 5.74) is 0.890. The van der Waals surface area contributed by atoms with Gasteiger partial charge in [0.25, 0.3) is 0 Å². The lowest BCUT2D eigenvalue weighted by Crippen LogP contribution is -2.70. The van der Waals surface area contributed by atoms with Crippen LogP contribution in [0.2, 0.25) is 0 Å². The second-order valence-electron chi connectivity index (χ2n) is 9.99. The SMILES string of the molecule is CCCCCCC(=O)N[C@@H]1C[C@](C)(CC)N(O[C@H](C)c2ccccc2)[C@](C)(CC)[C@H]1C. The minimum absolute atomic E-state index is 0.0187. The molecule has 2 rings (SSSR count). The lowest BCUT2D eigenvalue weighted by atomic mass is 9.68. The van der Waals surface area contributed by atoms with Crippen molar-refractivity contribution in [3.8, 4) is 0 Å². The molecule has 1 aliphatic rings. The predicted octanol–water partition coefficient (Wildman–Crippen LogP) is 6.81. The van der Waals surface area contributed by atoms with Gasteiger partial charge in [-0.25, -0.2) is 0 Å². The molecule has 31 heavy (non-hydrogen) atoms. The van der Waals surface area contributed by atoms with Crippen molar-refractivity contribution in [1.29, 1.82) is 0 Å². The Hall–Kier alpha value is -1.39. The van der Waals surface area contributed by atoms with Gasteiger partial charge in [-0.2, -0.15) is 5.06 Å². The van der Waals surface area contributed by atoms with Gasteiger partial charge in [0.15, 0.2) is 0 Å². The number of rotatable bonds is 11. The highest BCUT2D eigenvalue weighted by Crippen LogP contribution is 2.47. The second kappa shape index (κ2) is 11.5. The summed E-state index contributed by atoms with van der Waals surface area (Å²) in [6.07, 6.45) is 8.00. The Morgan fingerprint density at radius 2 is 1.81 bits per heavy atom. The van der Waals surface area contributed by atoms with Crippen LogP contribution in [-0.4, -0.2) is 28.1 Å². The lowest BCUT2D eigenvalue weighted by Gasteiger charge is -2.60. The standard InChI is InChI=1S/C27H46N2O2/c1-8-11-12-16-19-25(30)28-24-20-26(6,9-2)29(27(7,10-3)21(24)4)31-22(5)23-17-14-13-15-18-23/h13-15,17-18,21-22,24H,8-12,16,19-20H2,1-7H3,(H,28,30)/t21-,22+,24+,26-,27+/m0/s1. The first-order valence-electron chi connectivity index (χ1n) is 12.5. The maximum Gasteiger partial charge on any atom is 0.220 e. The van der Waals surface area contributed by atoms with Gasteiger partial charge in [0, 0.05) is 23.5 Å². The van der Waals surface area contributed by atoms with Gasteiger partial charge in [-0.3, -0.25) is 9.63 Å². The largest absolute Gasteiger partial charge is 0.353 e. The van der Waals surface area contributed by atoms with Crippen LogP contribution in [0.3, 0.4) is 0 Å². The Morgan fingerprint density at radius 1 is 1.13 bits per heavy atom. The average Bonchev–Trinajstić information content (AvgIpc) is 2.78. The van der Waals surface area contributed by atoms with Gasteiger partial charge in [-0.05, 0) is 57.9 Å². The molecular weight excluding hydrogens is 384 g/mol. The zero-order valence-corrected chi connectivity index (χ0v) is 21.0. The molecule has 0 radical (unpaired) electrons. The fourth-order valence-corrected chi connectivity index (χ4v) is 5.08. The highest BCUT2D eigenvalue weighted by molar-refractivity contribution is 5.76. The molecule has 0 aromatic heterocycles. The van der Waals surface area contributed by atoms with Crippen molar-refractivity contribution in [3.05, 3.63) is 35.9 Å². The number of nitrogens with one attached hydrogen (secondary N) is 1. The molecule has 0 saturated carbocycles. The number of carbonyl (C=O) groups excluding carboxylic acids is 1. The minimum Gasteiger partial charge on any atom is -0.353 e. The molecule has 1 saturated heterocycles. The molecule has 1 amide bonds. The van der Waals surface area contributed by atoms with Gasteiger partial charge in [0.05, 0.1) is 0 Å². The molecule has 176 valence electrons. The van der Waals surface area contributed by atoms with Crippen LogP contribution in [-0.2, 0) is 9.63 Å². The number of benzene rings is 1. The van der Waals surface area contributed by atoms with E-state index in [2.05, 4.69) is 83.1 Å². The Labute approximate surface area is 191 Å². The molecule has 1 heterocycles. The van der Waals surface area contributed by atoms with Crippen molar-refractivity contribution in [2.45, 2.75) is 123 Å². The molecule has 0 unspecified atom stereocenters. The van der Waals surface area contributed by atoms with Gasteiger partial charge in [-0.1, -0.05) is 77.3 Å². The van der Waals surface area contributed by atoms with Gasteiger partial charge >= 0.3 is 0 Å². The van der Waals surface area contributed by atoms with Crippen LogP contribution < -0.4 is 5.32 Å². The van der Waals surface area contributed by atoms with E-state index in [1.54, 1.807) is 0 Å². The summed E-state index contributed by atoms with van der Waals surface area (Å²) in [7, 11) is 0. The minimum atomic E-state index is -0.161. The summed E-state index contributed by atoms with van der Waals surface area (Å²) in [5, 5.41) is 5.71. The molecule has 5 atom stereocenters. The third-order valence-electron chi connectivity index (χ3n) is 7.81. The van der Waals surface area contributed by atoms with Crippen LogP contribution in [0.1, 0.15) is 112 Å². The summed E-state index contributed by atoms with van der Waals surface area (Å²) in [5.74, 6) is 0.497. The Bertz CT molecular complexity index is 679. The molecule has 1 aromatic carbocycles. The molecule has 0 aliphatic carbocycles. The maximum atomic E-state index is 12.7. The number of hydroxylamine groups is 2. The zero-order chi connectivity index (χ0) is 23.1. The number of unbranched alkanes of at least 4 members (excludes halogenated alkanes) is 3. The maximum absolute atomic E-state index is 12.7. The van der Waals surface area contributed by atoms with Crippen molar-refractivity contribution < 1.29 is 9.63 Å². The first kappa shape index (κ1) is 25.9. The van der Waals surface area contributed by atoms with Crippen molar-refractivity contribution >= 4 is 5.91 Å². The van der Waals surface area contributed by atoms with Crippen LogP contribution >= 0.6 is 0 Å². The first-order valence-corrected chi connectivity index (χ1v) is 12.5. The van der Waals surface area contributed by atoms with Gasteiger partial charge in [-0.15, -0.1) is 0 Å². The molecule has 1 fully saturated rings. The van der Waals surface area contributed by atoms with Crippen molar-refractivity contribution in [1.82, 2.24) is 10.4 Å². The van der Waals surface area contributed by atoms with Gasteiger partial charge in [0.1, 0.15) is 6.10 Å². The summed E-state index contributed by atoms with van der Waals surface area (Å²) in [4.78, 5) is 19.4. The quantitative estimate of drug-likeness (QED) is 0.392. The van der Waals surface area contributed by atoms with E-state index in [9.17, 15) is 4.79 Å². The summed E-state index contributed by atoms with van der Waals surface area (Å²) in [6, 6.07) is 10.6. The molecular formula is C27H46N2O2. The summed E-state index contributed by atoms with van der Waals surface area (Å²) >= 11 is 0. The lowest BCUT2D eigenvalue weighted by molar-refractivity contribution is -0.327. The van der Waals surface area contributed by atoms with Crippen LogP contribution in [0.25, 0.3) is 0 Å². The zero-order valence-electron chi connectivity index (χ0n) is 21.0. The van der Waals surface area contributed by atoms with Gasteiger partial charge in [0.2, 0.25) is 5.91 Å². The Kier molecular flexibility index (Phi) is 9.57. The number of nitrogens with zero attached hydrogens (tertiary/aromatic N) is 1. The number of amides is 1. The van der Waals surface area contributed by atoms with E-state index >= 15 is 0 Å². The molecule has 1 aromatic rings. The van der Waals surface area contributed by atoms with E-state index in [1.165, 1.54) is 18.4 Å². The summed E-state index contributed by atoms with van der Waals surface area (Å²) in [6.45, 7) is 15.7. The molecule has 4 nitrogen and oxygen atoms in total. The highest BCUT2D eigenvalue weighted by atomic mass is 16.7. The van der Waals surface area contributed by atoms with E-state index in [1.807, 2.05) is 6.07 Å². The molecule has 1 aliphatic heterocycles. The molecule has 1 N–H and O–H groups in total. The van der Waals surface area contributed by atoms with E-state index in [4.69, 9.17) is 4.84 Å². The average molecular weight is 431 g/mol. The Morgan fingerprint density at radius 3 is 2.39 bits per heavy atom. The van der Waals surface area contributed by atoms with Crippen LogP contribution in [0.15, 0.2) is 30.3 Å². The van der Waals surface area contributed by atoms with E-state index in [-0.39, 0.29) is 29.1 Å². The van der Waals surface area contributed by atoms with Crippen molar-refractivity contribution in [2.75, 3.05) is 0 Å². The van der Waals surface area contributed by atoms with Crippen LogP contribution in [0, 0.1) is 5.92 Å². The second-order valence-corrected chi connectivity index (χ2v) is 9.99. The fraction of sp³-hybridized carbons (Fsp3) is 0.741. The smallest absolute Gasteiger partial charge is 0.220 e. The number of hydrogen-bond acceptors (Lipinski definition) is 3. The first-order chi connectivity index (χ1) is 14.7. The monoisotopic (exact) mass is 430 g/mol. The van der Waals surface area contributed by atoms with E-state index < -0.39 is 0 Å². The molecule has 0 bridgehead atoms. The Balaban J connectivity index is 2.18. The number of carbonyl (C=O) groups is 1.